The van der Waals surface area contributed by atoms with Crippen molar-refractivity contribution in [3.63, 3.8) is 0 Å². The third-order valence-electron chi connectivity index (χ3n) is 3.95. The van der Waals surface area contributed by atoms with Crippen LogP contribution in [0.3, 0.4) is 0 Å². The standard InChI is InChI=1S/C16H22N2O6S/c1-23-13-5-4-12(9-14(13)24-2)18-10-11(8-15(18)19)16(20)17-6-7-25(3,21)22/h4-5,9,11H,6-8,10H2,1-3H3,(H,17,20). The Hall–Kier alpha value is -2.29. The van der Waals surface area contributed by atoms with Gasteiger partial charge >= 0.3 is 0 Å². The smallest absolute Gasteiger partial charge is 0.227 e. The van der Waals surface area contributed by atoms with Crippen LogP contribution >= 0.6 is 0 Å². The second kappa shape index (κ2) is 7.73. The molecule has 1 aromatic carbocycles. The zero-order valence-electron chi connectivity index (χ0n) is 14.4. The molecule has 0 bridgehead atoms. The second-order valence-electron chi connectivity index (χ2n) is 5.87. The summed E-state index contributed by atoms with van der Waals surface area (Å²) in [6.07, 6.45) is 1.19. The molecule has 138 valence electrons. The van der Waals surface area contributed by atoms with Gasteiger partial charge in [0.2, 0.25) is 11.8 Å². The molecule has 1 saturated heterocycles. The van der Waals surface area contributed by atoms with Crippen molar-refractivity contribution in [3.05, 3.63) is 18.2 Å². The molecule has 25 heavy (non-hydrogen) atoms. The van der Waals surface area contributed by atoms with Crippen molar-refractivity contribution in [3.8, 4) is 11.5 Å². The molecule has 0 saturated carbocycles. The number of amides is 2. The first-order valence-corrected chi connectivity index (χ1v) is 9.79. The van der Waals surface area contributed by atoms with E-state index in [9.17, 15) is 18.0 Å². The van der Waals surface area contributed by atoms with E-state index in [4.69, 9.17) is 9.47 Å². The zero-order chi connectivity index (χ0) is 18.6. The van der Waals surface area contributed by atoms with Gasteiger partial charge in [-0.25, -0.2) is 8.42 Å². The Labute approximate surface area is 147 Å². The number of carbonyl (C=O) groups excluding carboxylic acids is 2. The summed E-state index contributed by atoms with van der Waals surface area (Å²) in [7, 11) is -0.111. The molecule has 1 unspecified atom stereocenters. The monoisotopic (exact) mass is 370 g/mol. The van der Waals surface area contributed by atoms with Crippen LogP contribution in [0, 0.1) is 5.92 Å². The highest BCUT2D eigenvalue weighted by atomic mass is 32.2. The van der Waals surface area contributed by atoms with Crippen molar-refractivity contribution < 1.29 is 27.5 Å². The quantitative estimate of drug-likeness (QED) is 0.737. The molecule has 1 heterocycles. The summed E-state index contributed by atoms with van der Waals surface area (Å²) >= 11 is 0. The van der Waals surface area contributed by atoms with Crippen LogP contribution in [-0.4, -0.2) is 59.5 Å². The average Bonchev–Trinajstić information content (AvgIpc) is 2.94. The predicted octanol–water partition coefficient (Wildman–Crippen LogP) is 0.218. The van der Waals surface area contributed by atoms with Gasteiger partial charge in [0.15, 0.2) is 11.5 Å². The lowest BCUT2D eigenvalue weighted by Gasteiger charge is -2.18. The number of hydrogen-bond donors (Lipinski definition) is 1. The fourth-order valence-corrected chi connectivity index (χ4v) is 3.10. The normalized spacial score (nSPS) is 17.5. The summed E-state index contributed by atoms with van der Waals surface area (Å²) in [5.41, 5.74) is 0.620. The second-order valence-corrected chi connectivity index (χ2v) is 8.13. The maximum absolute atomic E-state index is 12.3. The van der Waals surface area contributed by atoms with Crippen molar-refractivity contribution in [1.29, 1.82) is 0 Å². The first-order chi connectivity index (χ1) is 11.7. The molecule has 2 amide bonds. The third-order valence-corrected chi connectivity index (χ3v) is 4.89. The lowest BCUT2D eigenvalue weighted by atomic mass is 10.1. The van der Waals surface area contributed by atoms with Crippen molar-refractivity contribution in [1.82, 2.24) is 5.32 Å². The first-order valence-electron chi connectivity index (χ1n) is 7.73. The van der Waals surface area contributed by atoms with Crippen molar-refractivity contribution in [2.75, 3.05) is 44.2 Å². The number of rotatable bonds is 7. The molecular weight excluding hydrogens is 348 g/mol. The van der Waals surface area contributed by atoms with E-state index in [0.29, 0.717) is 17.2 Å². The summed E-state index contributed by atoms with van der Waals surface area (Å²) in [5, 5.41) is 2.57. The number of nitrogens with one attached hydrogen (secondary N) is 1. The molecule has 1 fully saturated rings. The highest BCUT2D eigenvalue weighted by Gasteiger charge is 2.35. The summed E-state index contributed by atoms with van der Waals surface area (Å²) in [6.45, 7) is 0.276. The molecule has 8 nitrogen and oxygen atoms in total. The average molecular weight is 370 g/mol. The van der Waals surface area contributed by atoms with Gasteiger partial charge in [0, 0.05) is 37.5 Å². The fraction of sp³-hybridized carbons (Fsp3) is 0.500. The van der Waals surface area contributed by atoms with E-state index < -0.39 is 15.8 Å². The lowest BCUT2D eigenvalue weighted by molar-refractivity contribution is -0.126. The summed E-state index contributed by atoms with van der Waals surface area (Å²) in [6, 6.07) is 5.10. The molecule has 2 rings (SSSR count). The van der Waals surface area contributed by atoms with Crippen LogP contribution in [0.25, 0.3) is 0 Å². The number of carbonyl (C=O) groups is 2. The third kappa shape index (κ3) is 4.85. The van der Waals surface area contributed by atoms with Crippen molar-refractivity contribution in [2.45, 2.75) is 6.42 Å². The number of anilines is 1. The van der Waals surface area contributed by atoms with Crippen LogP contribution in [-0.2, 0) is 19.4 Å². The van der Waals surface area contributed by atoms with Gasteiger partial charge in [-0.15, -0.1) is 0 Å². The minimum absolute atomic E-state index is 0.0404. The summed E-state index contributed by atoms with van der Waals surface area (Å²) in [5.74, 6) is -0.0869. The van der Waals surface area contributed by atoms with Crippen LogP contribution in [0.4, 0.5) is 5.69 Å². The van der Waals surface area contributed by atoms with Gasteiger partial charge in [0.1, 0.15) is 9.84 Å². The van der Waals surface area contributed by atoms with Gasteiger partial charge < -0.3 is 19.7 Å². The molecule has 0 aliphatic carbocycles. The van der Waals surface area contributed by atoms with Crippen LogP contribution in [0.2, 0.25) is 0 Å². The highest BCUT2D eigenvalue weighted by Crippen LogP contribution is 2.34. The molecule has 0 spiro atoms. The fourth-order valence-electron chi connectivity index (χ4n) is 2.63. The minimum Gasteiger partial charge on any atom is -0.493 e. The molecule has 0 radical (unpaired) electrons. The predicted molar refractivity (Wildman–Crippen MR) is 92.7 cm³/mol. The van der Waals surface area contributed by atoms with Crippen LogP contribution in [0.1, 0.15) is 6.42 Å². The molecule has 1 aliphatic heterocycles. The number of nitrogens with zero attached hydrogens (tertiary/aromatic N) is 1. The topological polar surface area (TPSA) is 102 Å². The number of benzene rings is 1. The highest BCUT2D eigenvalue weighted by molar-refractivity contribution is 7.90. The molecular formula is C16H22N2O6S. The largest absolute Gasteiger partial charge is 0.493 e. The van der Waals surface area contributed by atoms with E-state index in [-0.39, 0.29) is 37.1 Å². The Morgan fingerprint density at radius 2 is 1.96 bits per heavy atom. The van der Waals surface area contributed by atoms with Gasteiger partial charge in [0.25, 0.3) is 0 Å². The van der Waals surface area contributed by atoms with Crippen molar-refractivity contribution in [2.24, 2.45) is 5.92 Å². The molecule has 1 aliphatic rings. The van der Waals surface area contributed by atoms with Crippen LogP contribution < -0.4 is 19.7 Å². The van der Waals surface area contributed by atoms with E-state index >= 15 is 0 Å². The minimum atomic E-state index is -3.14. The maximum Gasteiger partial charge on any atom is 0.227 e. The van der Waals surface area contributed by atoms with Gasteiger partial charge in [-0.3, -0.25) is 9.59 Å². The SMILES string of the molecule is COc1ccc(N2CC(C(=O)NCCS(C)(=O)=O)CC2=O)cc1OC. The Morgan fingerprint density at radius 1 is 1.28 bits per heavy atom. The van der Waals surface area contributed by atoms with Gasteiger partial charge in [-0.1, -0.05) is 0 Å². The first kappa shape index (κ1) is 19.0. The number of sulfone groups is 1. The van der Waals surface area contributed by atoms with E-state index in [1.807, 2.05) is 0 Å². The van der Waals surface area contributed by atoms with E-state index in [1.54, 1.807) is 18.2 Å². The Balaban J connectivity index is 2.03. The maximum atomic E-state index is 12.3. The Bertz CT molecular complexity index is 762. The van der Waals surface area contributed by atoms with E-state index in [1.165, 1.54) is 19.1 Å². The molecule has 0 aromatic heterocycles. The number of methoxy groups -OCH3 is 2. The van der Waals surface area contributed by atoms with E-state index in [2.05, 4.69) is 5.32 Å². The van der Waals surface area contributed by atoms with Gasteiger partial charge in [-0.05, 0) is 12.1 Å². The summed E-state index contributed by atoms with van der Waals surface area (Å²) < 4.78 is 32.6. The van der Waals surface area contributed by atoms with Gasteiger partial charge in [0.05, 0.1) is 25.9 Å². The van der Waals surface area contributed by atoms with Crippen LogP contribution in [0.15, 0.2) is 18.2 Å². The molecule has 1 atom stereocenters. The van der Waals surface area contributed by atoms with Crippen LogP contribution in [0.5, 0.6) is 11.5 Å². The number of ether oxygens (including phenoxy) is 2. The Morgan fingerprint density at radius 3 is 2.56 bits per heavy atom. The van der Waals surface area contributed by atoms with Crippen molar-refractivity contribution >= 4 is 27.3 Å². The molecule has 1 N–H and O–H groups in total. The Kier molecular flexibility index (Phi) is 5.89. The zero-order valence-corrected chi connectivity index (χ0v) is 15.3. The van der Waals surface area contributed by atoms with Gasteiger partial charge in [-0.2, -0.15) is 0 Å². The summed E-state index contributed by atoms with van der Waals surface area (Å²) in [4.78, 5) is 25.9. The van der Waals surface area contributed by atoms with E-state index in [0.717, 1.165) is 6.26 Å². The number of hydrogen-bond acceptors (Lipinski definition) is 6. The lowest BCUT2D eigenvalue weighted by Crippen LogP contribution is -2.35. The molecule has 1 aromatic rings. The molecule has 9 heteroatoms.